The highest BCUT2D eigenvalue weighted by atomic mass is 35.5. The van der Waals surface area contributed by atoms with Crippen LogP contribution in [0.5, 0.6) is 5.75 Å². The number of hydrogen-bond donors (Lipinski definition) is 1. The molecule has 1 unspecified atom stereocenters. The Hall–Kier alpha value is -2.12. The highest BCUT2D eigenvalue weighted by Crippen LogP contribution is 2.22. The van der Waals surface area contributed by atoms with Crippen LogP contribution in [0.4, 0.5) is 0 Å². The second-order valence-electron chi connectivity index (χ2n) is 5.65. The van der Waals surface area contributed by atoms with E-state index in [0.717, 1.165) is 30.7 Å². The van der Waals surface area contributed by atoms with Gasteiger partial charge in [0.2, 0.25) is 11.7 Å². The summed E-state index contributed by atoms with van der Waals surface area (Å²) < 4.78 is 10.4. The topological polar surface area (TPSA) is 88.7 Å². The predicted octanol–water partition coefficient (Wildman–Crippen LogP) is 2.46. The maximum Gasteiger partial charge on any atom is 0.307 e. The predicted molar refractivity (Wildman–Crippen MR) is 89.2 cm³/mol. The molecule has 8 heteroatoms. The number of halogens is 1. The Morgan fingerprint density at radius 1 is 1.42 bits per heavy atom. The Labute approximate surface area is 146 Å². The van der Waals surface area contributed by atoms with Crippen molar-refractivity contribution in [3.8, 4) is 17.1 Å². The van der Waals surface area contributed by atoms with Crippen molar-refractivity contribution in [2.45, 2.75) is 19.4 Å². The van der Waals surface area contributed by atoms with Gasteiger partial charge in [-0.05, 0) is 43.7 Å². The van der Waals surface area contributed by atoms with Crippen LogP contribution in [0, 0.1) is 5.92 Å². The lowest BCUT2D eigenvalue weighted by atomic mass is 9.98. The Morgan fingerprint density at radius 3 is 2.83 bits per heavy atom. The lowest BCUT2D eigenvalue weighted by Crippen LogP contribution is -2.38. The van der Waals surface area contributed by atoms with E-state index < -0.39 is 5.97 Å². The third-order valence-corrected chi connectivity index (χ3v) is 4.03. The number of carboxylic acid groups (broad SMARTS) is 1. The molecule has 2 heterocycles. The number of nitrogens with zero attached hydrogens (tertiary/aromatic N) is 3. The number of benzene rings is 1. The first-order valence-corrected chi connectivity index (χ1v) is 7.58. The lowest BCUT2D eigenvalue weighted by Gasteiger charge is -2.29. The van der Waals surface area contributed by atoms with Gasteiger partial charge >= 0.3 is 5.97 Å². The molecule has 0 radical (unpaired) electrons. The molecule has 1 aliphatic heterocycles. The fourth-order valence-corrected chi connectivity index (χ4v) is 2.77. The van der Waals surface area contributed by atoms with Crippen molar-refractivity contribution in [3.63, 3.8) is 0 Å². The fraction of sp³-hybridized carbons (Fsp3) is 0.438. The summed E-state index contributed by atoms with van der Waals surface area (Å²) in [5, 5.41) is 13.1. The van der Waals surface area contributed by atoms with Gasteiger partial charge in [-0.25, -0.2) is 0 Å². The Balaban J connectivity index is 0.00000208. The standard InChI is InChI=1S/C16H19N3O4.ClH/c1-22-13-6-4-11(5-7-13)15-17-14(23-18-15)10-19-8-2-3-12(9-19)16(20)21;/h4-7,12H,2-3,8-10H2,1H3,(H,20,21);1H. The van der Waals surface area contributed by atoms with Gasteiger partial charge in [0.25, 0.3) is 0 Å². The number of likely N-dealkylation sites (tertiary alicyclic amines) is 1. The van der Waals surface area contributed by atoms with Gasteiger partial charge in [-0.15, -0.1) is 12.4 Å². The summed E-state index contributed by atoms with van der Waals surface area (Å²) in [6.45, 7) is 1.85. The maximum absolute atomic E-state index is 11.1. The summed E-state index contributed by atoms with van der Waals surface area (Å²) in [5.74, 6) is 0.744. The van der Waals surface area contributed by atoms with Gasteiger partial charge in [-0.2, -0.15) is 4.98 Å². The zero-order chi connectivity index (χ0) is 16.2. The molecule has 1 aliphatic rings. The van der Waals surface area contributed by atoms with Gasteiger partial charge in [0.15, 0.2) is 0 Å². The highest BCUT2D eigenvalue weighted by Gasteiger charge is 2.26. The molecule has 24 heavy (non-hydrogen) atoms. The molecule has 1 N–H and O–H groups in total. The van der Waals surface area contributed by atoms with Crippen LogP contribution >= 0.6 is 12.4 Å². The molecule has 1 saturated heterocycles. The van der Waals surface area contributed by atoms with Crippen LogP contribution < -0.4 is 4.74 Å². The van der Waals surface area contributed by atoms with Gasteiger partial charge in [-0.1, -0.05) is 5.16 Å². The molecule has 0 spiro atoms. The average molecular weight is 354 g/mol. The van der Waals surface area contributed by atoms with Crippen LogP contribution in [0.15, 0.2) is 28.8 Å². The molecule has 0 bridgehead atoms. The Morgan fingerprint density at radius 2 is 2.17 bits per heavy atom. The second-order valence-corrected chi connectivity index (χ2v) is 5.65. The molecule has 1 fully saturated rings. The molecule has 1 atom stereocenters. The third-order valence-electron chi connectivity index (χ3n) is 4.03. The number of piperidine rings is 1. The van der Waals surface area contributed by atoms with Crippen molar-refractivity contribution in [2.24, 2.45) is 5.92 Å². The number of hydrogen-bond acceptors (Lipinski definition) is 6. The molecule has 0 aliphatic carbocycles. The summed E-state index contributed by atoms with van der Waals surface area (Å²) in [5.41, 5.74) is 0.850. The largest absolute Gasteiger partial charge is 0.497 e. The molecule has 3 rings (SSSR count). The number of aliphatic carboxylic acids is 1. The van der Waals surface area contributed by atoms with E-state index in [4.69, 9.17) is 14.4 Å². The van der Waals surface area contributed by atoms with Crippen LogP contribution in [0.2, 0.25) is 0 Å². The van der Waals surface area contributed by atoms with Gasteiger partial charge in [-0.3, -0.25) is 9.69 Å². The first-order chi connectivity index (χ1) is 11.2. The summed E-state index contributed by atoms with van der Waals surface area (Å²) in [6.07, 6.45) is 1.60. The van der Waals surface area contributed by atoms with Crippen molar-refractivity contribution < 1.29 is 19.2 Å². The van der Waals surface area contributed by atoms with Crippen LogP contribution in [0.25, 0.3) is 11.4 Å². The van der Waals surface area contributed by atoms with Gasteiger partial charge in [0, 0.05) is 12.1 Å². The lowest BCUT2D eigenvalue weighted by molar-refractivity contribution is -0.143. The van der Waals surface area contributed by atoms with E-state index in [1.165, 1.54) is 0 Å². The van der Waals surface area contributed by atoms with E-state index in [1.54, 1.807) is 7.11 Å². The molecule has 2 aromatic rings. The van der Waals surface area contributed by atoms with Gasteiger partial charge < -0.3 is 14.4 Å². The van der Waals surface area contributed by atoms with Crippen molar-refractivity contribution in [3.05, 3.63) is 30.2 Å². The summed E-state index contributed by atoms with van der Waals surface area (Å²) >= 11 is 0. The van der Waals surface area contributed by atoms with E-state index in [2.05, 4.69) is 10.1 Å². The molecular weight excluding hydrogens is 334 g/mol. The van der Waals surface area contributed by atoms with Crippen LogP contribution in [0.3, 0.4) is 0 Å². The molecule has 1 aromatic heterocycles. The van der Waals surface area contributed by atoms with Crippen molar-refractivity contribution >= 4 is 18.4 Å². The summed E-state index contributed by atoms with van der Waals surface area (Å²) in [7, 11) is 1.62. The minimum atomic E-state index is -0.737. The summed E-state index contributed by atoms with van der Waals surface area (Å²) in [6, 6.07) is 7.42. The zero-order valence-corrected chi connectivity index (χ0v) is 14.2. The van der Waals surface area contributed by atoms with Crippen LogP contribution in [-0.4, -0.2) is 46.3 Å². The number of methoxy groups -OCH3 is 1. The van der Waals surface area contributed by atoms with E-state index in [0.29, 0.717) is 24.8 Å². The molecule has 130 valence electrons. The van der Waals surface area contributed by atoms with E-state index >= 15 is 0 Å². The number of ether oxygens (including phenoxy) is 1. The zero-order valence-electron chi connectivity index (χ0n) is 13.3. The number of rotatable bonds is 5. The van der Waals surface area contributed by atoms with Crippen LogP contribution in [-0.2, 0) is 11.3 Å². The third kappa shape index (κ3) is 4.24. The SMILES string of the molecule is COc1ccc(-c2noc(CN3CCCC(C(=O)O)C3)n2)cc1.Cl. The number of aromatic nitrogens is 2. The highest BCUT2D eigenvalue weighted by molar-refractivity contribution is 5.85. The number of carboxylic acids is 1. The number of carbonyl (C=O) groups is 1. The molecule has 0 saturated carbocycles. The van der Waals surface area contributed by atoms with Crippen molar-refractivity contribution in [1.29, 1.82) is 0 Å². The van der Waals surface area contributed by atoms with Crippen molar-refractivity contribution in [1.82, 2.24) is 15.0 Å². The molecule has 0 amide bonds. The smallest absolute Gasteiger partial charge is 0.307 e. The molecule has 1 aromatic carbocycles. The second kappa shape index (κ2) is 8.12. The first kappa shape index (κ1) is 18.2. The Bertz CT molecular complexity index is 674. The molecule has 7 nitrogen and oxygen atoms in total. The fourth-order valence-electron chi connectivity index (χ4n) is 2.77. The van der Waals surface area contributed by atoms with Gasteiger partial charge in [0.05, 0.1) is 19.6 Å². The van der Waals surface area contributed by atoms with Gasteiger partial charge in [0.1, 0.15) is 5.75 Å². The van der Waals surface area contributed by atoms with E-state index in [9.17, 15) is 4.79 Å². The minimum absolute atomic E-state index is 0. The van der Waals surface area contributed by atoms with E-state index in [-0.39, 0.29) is 18.3 Å². The minimum Gasteiger partial charge on any atom is -0.497 e. The summed E-state index contributed by atoms with van der Waals surface area (Å²) in [4.78, 5) is 17.5. The molecular formula is C16H20ClN3O4. The Kier molecular flexibility index (Phi) is 6.16. The normalized spacial score (nSPS) is 18.0. The average Bonchev–Trinajstić information content (AvgIpc) is 3.03. The first-order valence-electron chi connectivity index (χ1n) is 7.58. The monoisotopic (exact) mass is 353 g/mol. The quantitative estimate of drug-likeness (QED) is 0.883. The maximum atomic E-state index is 11.1. The van der Waals surface area contributed by atoms with E-state index in [1.807, 2.05) is 29.2 Å². The van der Waals surface area contributed by atoms with Crippen molar-refractivity contribution in [2.75, 3.05) is 20.2 Å². The van der Waals surface area contributed by atoms with Crippen LogP contribution in [0.1, 0.15) is 18.7 Å².